The SMILES string of the molecule is Oc1cccc([C@@H]2Nc3ccc(F)cc3[C@H]3OCC[C@H]32)c1. The van der Waals surface area contributed by atoms with Crippen molar-refractivity contribution in [3.8, 4) is 5.75 Å². The Labute approximate surface area is 122 Å². The van der Waals surface area contributed by atoms with Gasteiger partial charge in [-0.3, -0.25) is 0 Å². The van der Waals surface area contributed by atoms with E-state index < -0.39 is 0 Å². The van der Waals surface area contributed by atoms with Gasteiger partial charge in [0, 0.05) is 23.8 Å². The van der Waals surface area contributed by atoms with E-state index in [0.29, 0.717) is 6.61 Å². The number of fused-ring (bicyclic) bond motifs is 3. The first-order chi connectivity index (χ1) is 10.2. The lowest BCUT2D eigenvalue weighted by Crippen LogP contribution is -2.29. The van der Waals surface area contributed by atoms with Crippen molar-refractivity contribution in [1.29, 1.82) is 0 Å². The van der Waals surface area contributed by atoms with Gasteiger partial charge in [0.25, 0.3) is 0 Å². The summed E-state index contributed by atoms with van der Waals surface area (Å²) in [5.74, 6) is 0.274. The van der Waals surface area contributed by atoms with Crippen molar-refractivity contribution in [1.82, 2.24) is 0 Å². The summed E-state index contributed by atoms with van der Waals surface area (Å²) in [5.41, 5.74) is 2.84. The second kappa shape index (κ2) is 4.74. The first-order valence-corrected chi connectivity index (χ1v) is 7.19. The molecule has 0 saturated carbocycles. The molecule has 1 saturated heterocycles. The molecule has 0 radical (unpaired) electrons. The van der Waals surface area contributed by atoms with Gasteiger partial charge in [0.1, 0.15) is 11.6 Å². The Balaban J connectivity index is 1.79. The number of anilines is 1. The Hall–Kier alpha value is -2.07. The van der Waals surface area contributed by atoms with Crippen molar-refractivity contribution in [3.05, 3.63) is 59.4 Å². The molecule has 0 aromatic heterocycles. The summed E-state index contributed by atoms with van der Waals surface area (Å²) in [4.78, 5) is 0. The maximum absolute atomic E-state index is 13.5. The van der Waals surface area contributed by atoms with Gasteiger partial charge in [-0.2, -0.15) is 0 Å². The minimum absolute atomic E-state index is 0.0718. The minimum Gasteiger partial charge on any atom is -0.508 e. The summed E-state index contributed by atoms with van der Waals surface area (Å²) < 4.78 is 19.4. The molecule has 2 aromatic carbocycles. The van der Waals surface area contributed by atoms with Gasteiger partial charge in [-0.1, -0.05) is 12.1 Å². The zero-order valence-electron chi connectivity index (χ0n) is 11.4. The molecule has 2 aromatic rings. The monoisotopic (exact) mass is 285 g/mol. The van der Waals surface area contributed by atoms with Gasteiger partial charge in [0.15, 0.2) is 0 Å². The van der Waals surface area contributed by atoms with E-state index in [9.17, 15) is 9.50 Å². The molecule has 0 aliphatic carbocycles. The molecule has 2 aliphatic heterocycles. The third-order valence-corrected chi connectivity index (χ3v) is 4.43. The van der Waals surface area contributed by atoms with Crippen LogP contribution in [0.25, 0.3) is 0 Å². The molecule has 0 bridgehead atoms. The fraction of sp³-hybridized carbons (Fsp3) is 0.294. The highest BCUT2D eigenvalue weighted by atomic mass is 19.1. The molecule has 3 nitrogen and oxygen atoms in total. The molecular formula is C17H16FNO2. The molecular weight excluding hydrogens is 269 g/mol. The average molecular weight is 285 g/mol. The van der Waals surface area contributed by atoms with Crippen LogP contribution in [-0.2, 0) is 4.74 Å². The number of hydrogen-bond acceptors (Lipinski definition) is 3. The largest absolute Gasteiger partial charge is 0.508 e. The van der Waals surface area contributed by atoms with Crippen LogP contribution in [-0.4, -0.2) is 11.7 Å². The molecule has 2 heterocycles. The van der Waals surface area contributed by atoms with Crippen LogP contribution >= 0.6 is 0 Å². The molecule has 0 amide bonds. The van der Waals surface area contributed by atoms with Crippen LogP contribution in [0.15, 0.2) is 42.5 Å². The van der Waals surface area contributed by atoms with Crippen LogP contribution in [0.4, 0.5) is 10.1 Å². The van der Waals surface area contributed by atoms with E-state index in [1.807, 2.05) is 12.1 Å². The third kappa shape index (κ3) is 2.07. The summed E-state index contributed by atoms with van der Waals surface area (Å²) in [6, 6.07) is 12.1. The van der Waals surface area contributed by atoms with Crippen molar-refractivity contribution in [3.63, 3.8) is 0 Å². The molecule has 21 heavy (non-hydrogen) atoms. The molecule has 2 N–H and O–H groups in total. The van der Waals surface area contributed by atoms with E-state index in [-0.39, 0.29) is 29.6 Å². The van der Waals surface area contributed by atoms with Crippen LogP contribution in [0.5, 0.6) is 5.75 Å². The molecule has 1 fully saturated rings. The lowest BCUT2D eigenvalue weighted by Gasteiger charge is -2.36. The number of aromatic hydroxyl groups is 1. The summed E-state index contributed by atoms with van der Waals surface area (Å²) in [7, 11) is 0. The smallest absolute Gasteiger partial charge is 0.123 e. The van der Waals surface area contributed by atoms with Gasteiger partial charge in [-0.15, -0.1) is 0 Å². The molecule has 2 aliphatic rings. The van der Waals surface area contributed by atoms with Gasteiger partial charge >= 0.3 is 0 Å². The number of ether oxygens (including phenoxy) is 1. The van der Waals surface area contributed by atoms with Gasteiger partial charge in [0.05, 0.1) is 12.1 Å². The van der Waals surface area contributed by atoms with Crippen LogP contribution in [0.2, 0.25) is 0 Å². The molecule has 108 valence electrons. The Morgan fingerprint density at radius 3 is 2.95 bits per heavy atom. The van der Waals surface area contributed by atoms with Crippen molar-refractivity contribution >= 4 is 5.69 Å². The first-order valence-electron chi connectivity index (χ1n) is 7.19. The van der Waals surface area contributed by atoms with E-state index >= 15 is 0 Å². The minimum atomic E-state index is -0.236. The summed E-state index contributed by atoms with van der Waals surface area (Å²) in [6.07, 6.45) is 0.845. The number of hydrogen-bond donors (Lipinski definition) is 2. The van der Waals surface area contributed by atoms with Crippen LogP contribution in [0, 0.1) is 11.7 Å². The fourth-order valence-electron chi connectivity index (χ4n) is 3.49. The molecule has 3 atom stereocenters. The van der Waals surface area contributed by atoms with E-state index in [4.69, 9.17) is 4.74 Å². The van der Waals surface area contributed by atoms with Gasteiger partial charge in [-0.25, -0.2) is 4.39 Å². The van der Waals surface area contributed by atoms with Gasteiger partial charge < -0.3 is 15.2 Å². The predicted octanol–water partition coefficient (Wildman–Crippen LogP) is 3.78. The summed E-state index contributed by atoms with van der Waals surface area (Å²) in [5, 5.41) is 13.2. The standard InChI is InChI=1S/C17H16FNO2/c18-11-4-5-15-14(9-11)17-13(6-7-21-17)16(19-15)10-2-1-3-12(20)8-10/h1-5,8-9,13,16-17,19-20H,6-7H2/t13-,16-,17-/m0/s1. The Morgan fingerprint density at radius 1 is 1.19 bits per heavy atom. The zero-order valence-corrected chi connectivity index (χ0v) is 11.4. The van der Waals surface area contributed by atoms with E-state index in [0.717, 1.165) is 23.2 Å². The zero-order chi connectivity index (χ0) is 14.4. The lowest BCUT2D eigenvalue weighted by molar-refractivity contribution is 0.0826. The van der Waals surface area contributed by atoms with E-state index in [1.165, 1.54) is 6.07 Å². The number of phenolic OH excluding ortho intramolecular Hbond substituents is 1. The number of rotatable bonds is 1. The summed E-state index contributed by atoms with van der Waals surface area (Å²) in [6.45, 7) is 0.683. The Bertz CT molecular complexity index is 688. The van der Waals surface area contributed by atoms with E-state index in [1.54, 1.807) is 24.3 Å². The third-order valence-electron chi connectivity index (χ3n) is 4.43. The maximum atomic E-state index is 13.5. The first kappa shape index (κ1) is 12.7. The highest BCUT2D eigenvalue weighted by Crippen LogP contribution is 2.50. The molecule has 0 unspecified atom stereocenters. The van der Waals surface area contributed by atoms with Crippen molar-refractivity contribution in [2.45, 2.75) is 18.6 Å². The van der Waals surface area contributed by atoms with Crippen molar-refractivity contribution in [2.24, 2.45) is 5.92 Å². The highest BCUT2D eigenvalue weighted by molar-refractivity contribution is 5.57. The van der Waals surface area contributed by atoms with Crippen LogP contribution in [0.1, 0.15) is 29.7 Å². The van der Waals surface area contributed by atoms with Gasteiger partial charge in [0.2, 0.25) is 0 Å². The Morgan fingerprint density at radius 2 is 2.10 bits per heavy atom. The predicted molar refractivity (Wildman–Crippen MR) is 77.7 cm³/mol. The average Bonchev–Trinajstić information content (AvgIpc) is 2.96. The van der Waals surface area contributed by atoms with Crippen LogP contribution in [0.3, 0.4) is 0 Å². The highest BCUT2D eigenvalue weighted by Gasteiger charge is 2.41. The van der Waals surface area contributed by atoms with Crippen molar-refractivity contribution < 1.29 is 14.2 Å². The van der Waals surface area contributed by atoms with E-state index in [2.05, 4.69) is 5.32 Å². The van der Waals surface area contributed by atoms with Crippen LogP contribution < -0.4 is 5.32 Å². The second-order valence-electron chi connectivity index (χ2n) is 5.69. The fourth-order valence-corrected chi connectivity index (χ4v) is 3.49. The molecule has 4 rings (SSSR count). The molecule has 4 heteroatoms. The normalized spacial score (nSPS) is 26.8. The number of halogens is 1. The topological polar surface area (TPSA) is 41.5 Å². The molecule has 0 spiro atoms. The number of phenols is 1. The summed E-state index contributed by atoms with van der Waals surface area (Å²) >= 11 is 0. The van der Waals surface area contributed by atoms with Crippen molar-refractivity contribution in [2.75, 3.05) is 11.9 Å². The quantitative estimate of drug-likeness (QED) is 0.838. The Kier molecular flexibility index (Phi) is 2.86. The number of benzene rings is 2. The second-order valence-corrected chi connectivity index (χ2v) is 5.69. The number of nitrogens with one attached hydrogen (secondary N) is 1. The lowest BCUT2D eigenvalue weighted by atomic mass is 9.81. The van der Waals surface area contributed by atoms with Gasteiger partial charge in [-0.05, 0) is 42.3 Å². The maximum Gasteiger partial charge on any atom is 0.123 e.